The molecule has 0 radical (unpaired) electrons. The molecule has 0 bridgehead atoms. The number of aromatic nitrogens is 2. The molecule has 3 aromatic rings. The van der Waals surface area contributed by atoms with Crippen LogP contribution in [-0.2, 0) is 12.7 Å². The molecule has 32 heavy (non-hydrogen) atoms. The highest BCUT2D eigenvalue weighted by Gasteiger charge is 2.36. The molecule has 1 heterocycles. The molecule has 172 valence electrons. The summed E-state index contributed by atoms with van der Waals surface area (Å²) < 4.78 is 97.7. The molecule has 0 atom stereocenters. The van der Waals surface area contributed by atoms with Gasteiger partial charge in [-0.25, -0.2) is 4.39 Å². The third kappa shape index (κ3) is 5.00. The number of thioether (sulfide) groups is 1. The van der Waals surface area contributed by atoms with Gasteiger partial charge in [0.05, 0.1) is 17.5 Å². The van der Waals surface area contributed by atoms with Gasteiger partial charge < -0.3 is 4.74 Å². The van der Waals surface area contributed by atoms with Gasteiger partial charge in [0.25, 0.3) is 0 Å². The first kappa shape index (κ1) is 23.9. The largest absolute Gasteiger partial charge is 0.573 e. The van der Waals surface area contributed by atoms with E-state index in [1.54, 1.807) is 0 Å². The molecule has 0 unspecified atom stereocenters. The Morgan fingerprint density at radius 3 is 2.38 bits per heavy atom. The van der Waals surface area contributed by atoms with Gasteiger partial charge in [-0.1, -0.05) is 19.1 Å². The quantitative estimate of drug-likeness (QED) is 0.327. The van der Waals surface area contributed by atoms with Gasteiger partial charge in [0.15, 0.2) is 5.75 Å². The fourth-order valence-corrected chi connectivity index (χ4v) is 3.68. The van der Waals surface area contributed by atoms with Crippen LogP contribution in [0.2, 0.25) is 0 Å². The predicted molar refractivity (Wildman–Crippen MR) is 106 cm³/mol. The first-order valence-corrected chi connectivity index (χ1v) is 10.3. The van der Waals surface area contributed by atoms with Crippen molar-refractivity contribution in [1.82, 2.24) is 9.78 Å². The van der Waals surface area contributed by atoms with Crippen LogP contribution in [0.15, 0.2) is 41.2 Å². The van der Waals surface area contributed by atoms with Gasteiger partial charge in [0.2, 0.25) is 5.43 Å². The Labute approximate surface area is 181 Å². The second kappa shape index (κ2) is 9.00. The highest BCUT2D eigenvalue weighted by atomic mass is 32.2. The van der Waals surface area contributed by atoms with E-state index < -0.39 is 46.4 Å². The van der Waals surface area contributed by atoms with Crippen molar-refractivity contribution >= 4 is 22.7 Å². The summed E-state index contributed by atoms with van der Waals surface area (Å²) in [4.78, 5) is 13.0. The molecule has 0 amide bonds. The molecule has 0 aliphatic heterocycles. The molecule has 0 fully saturated rings. The minimum absolute atomic E-state index is 0.00109. The molecule has 0 aliphatic rings. The maximum absolute atomic E-state index is 14.7. The normalized spacial score (nSPS) is 12.4. The standard InChI is InChI=1S/C20H15F7N2O2S/c1-2-32-10-9-29-17-12(6-4-8-14(17)31-20(25,26)27)18(30)16(28-29)11-5-3-7-13(15(11)21)19(22,23)24/h3-8H,2,9-10H2,1H3. The lowest BCUT2D eigenvalue weighted by Crippen LogP contribution is -2.22. The number of nitrogens with zero attached hydrogens (tertiary/aromatic N) is 2. The Balaban J connectivity index is 2.31. The van der Waals surface area contributed by atoms with Crippen molar-refractivity contribution in [2.24, 2.45) is 0 Å². The zero-order valence-corrected chi connectivity index (χ0v) is 17.2. The molecular formula is C20H15F7N2O2S. The number of benzene rings is 2. The van der Waals surface area contributed by atoms with E-state index in [9.17, 15) is 35.5 Å². The topological polar surface area (TPSA) is 44.1 Å². The van der Waals surface area contributed by atoms with E-state index in [1.807, 2.05) is 6.92 Å². The fraction of sp³-hybridized carbons (Fsp3) is 0.300. The summed E-state index contributed by atoms with van der Waals surface area (Å²) in [6, 6.07) is 5.70. The van der Waals surface area contributed by atoms with Gasteiger partial charge in [-0.05, 0) is 30.0 Å². The lowest BCUT2D eigenvalue weighted by molar-refractivity contribution is -0.274. The number of hydrogen-bond acceptors (Lipinski definition) is 4. The SMILES string of the molecule is CCSCCn1nc(-c2cccc(C(F)(F)F)c2F)c(=O)c2cccc(OC(F)(F)F)c21. The van der Waals surface area contributed by atoms with Crippen molar-refractivity contribution in [3.8, 4) is 17.0 Å². The van der Waals surface area contributed by atoms with E-state index in [-0.39, 0.29) is 17.4 Å². The molecule has 0 N–H and O–H groups in total. The van der Waals surface area contributed by atoms with Gasteiger partial charge in [-0.3, -0.25) is 9.48 Å². The molecule has 0 saturated heterocycles. The molecular weight excluding hydrogens is 465 g/mol. The van der Waals surface area contributed by atoms with Crippen molar-refractivity contribution in [2.75, 3.05) is 11.5 Å². The van der Waals surface area contributed by atoms with Crippen molar-refractivity contribution in [3.05, 3.63) is 58.0 Å². The van der Waals surface area contributed by atoms with Crippen LogP contribution in [-0.4, -0.2) is 27.6 Å². The maximum atomic E-state index is 14.7. The first-order valence-electron chi connectivity index (χ1n) is 9.17. The summed E-state index contributed by atoms with van der Waals surface area (Å²) >= 11 is 1.42. The van der Waals surface area contributed by atoms with Crippen LogP contribution >= 0.6 is 11.8 Å². The first-order chi connectivity index (χ1) is 14.9. The van der Waals surface area contributed by atoms with Crippen molar-refractivity contribution in [3.63, 3.8) is 0 Å². The van der Waals surface area contributed by atoms with E-state index >= 15 is 0 Å². The number of hydrogen-bond donors (Lipinski definition) is 0. The second-order valence-corrected chi connectivity index (χ2v) is 7.86. The third-order valence-electron chi connectivity index (χ3n) is 4.37. The van der Waals surface area contributed by atoms with Gasteiger partial charge in [-0.15, -0.1) is 13.2 Å². The molecule has 3 rings (SSSR count). The Bertz CT molecular complexity index is 1190. The lowest BCUT2D eigenvalue weighted by atomic mass is 10.0. The highest BCUT2D eigenvalue weighted by molar-refractivity contribution is 7.99. The van der Waals surface area contributed by atoms with Gasteiger partial charge >= 0.3 is 12.5 Å². The van der Waals surface area contributed by atoms with Crippen LogP contribution in [0.25, 0.3) is 22.2 Å². The highest BCUT2D eigenvalue weighted by Crippen LogP contribution is 2.35. The van der Waals surface area contributed by atoms with Crippen molar-refractivity contribution in [2.45, 2.75) is 26.0 Å². The van der Waals surface area contributed by atoms with Crippen molar-refractivity contribution in [1.29, 1.82) is 0 Å². The average molecular weight is 480 g/mol. The van der Waals surface area contributed by atoms with Gasteiger partial charge in [0, 0.05) is 11.3 Å². The number of alkyl halides is 6. The van der Waals surface area contributed by atoms with Gasteiger partial charge in [0.1, 0.15) is 17.0 Å². The van der Waals surface area contributed by atoms with Gasteiger partial charge in [-0.2, -0.15) is 30.0 Å². The number of rotatable bonds is 6. The Kier molecular flexibility index (Phi) is 6.72. The predicted octanol–water partition coefficient (Wildman–Crippen LogP) is 5.87. The van der Waals surface area contributed by atoms with E-state index in [4.69, 9.17) is 0 Å². The number of fused-ring (bicyclic) bond motifs is 1. The molecule has 0 saturated carbocycles. The zero-order valence-electron chi connectivity index (χ0n) is 16.4. The Hall–Kier alpha value is -2.76. The van der Waals surface area contributed by atoms with Crippen LogP contribution in [0.4, 0.5) is 30.7 Å². The minimum atomic E-state index is -5.06. The molecule has 1 aromatic heterocycles. The number of ether oxygens (including phenoxy) is 1. The summed E-state index contributed by atoms with van der Waals surface area (Å²) in [6.07, 6.45) is -10.1. The van der Waals surface area contributed by atoms with Crippen LogP contribution in [0.1, 0.15) is 12.5 Å². The number of halogens is 7. The van der Waals surface area contributed by atoms with E-state index in [2.05, 4.69) is 9.84 Å². The second-order valence-electron chi connectivity index (χ2n) is 6.46. The summed E-state index contributed by atoms with van der Waals surface area (Å²) in [5.41, 5.74) is -4.25. The average Bonchev–Trinajstić information content (AvgIpc) is 2.68. The molecule has 0 aliphatic carbocycles. The van der Waals surface area contributed by atoms with Crippen LogP contribution in [0.3, 0.4) is 0 Å². The Morgan fingerprint density at radius 1 is 1.06 bits per heavy atom. The summed E-state index contributed by atoms with van der Waals surface area (Å²) in [5.74, 6) is -1.34. The fourth-order valence-electron chi connectivity index (χ4n) is 3.09. The molecule has 2 aromatic carbocycles. The van der Waals surface area contributed by atoms with E-state index in [1.165, 1.54) is 17.8 Å². The number of para-hydroxylation sites is 1. The van der Waals surface area contributed by atoms with Crippen LogP contribution in [0, 0.1) is 5.82 Å². The smallest absolute Gasteiger partial charge is 0.403 e. The Morgan fingerprint density at radius 2 is 1.75 bits per heavy atom. The van der Waals surface area contributed by atoms with E-state index in [0.29, 0.717) is 17.6 Å². The van der Waals surface area contributed by atoms with Crippen LogP contribution in [0.5, 0.6) is 5.75 Å². The molecule has 4 nitrogen and oxygen atoms in total. The molecule has 12 heteroatoms. The molecule has 0 spiro atoms. The number of aryl methyl sites for hydroxylation is 1. The van der Waals surface area contributed by atoms with Crippen LogP contribution < -0.4 is 10.2 Å². The zero-order chi connectivity index (χ0) is 23.7. The monoisotopic (exact) mass is 480 g/mol. The van der Waals surface area contributed by atoms with E-state index in [0.717, 1.165) is 28.9 Å². The van der Waals surface area contributed by atoms with Crippen molar-refractivity contribution < 1.29 is 35.5 Å². The minimum Gasteiger partial charge on any atom is -0.403 e. The summed E-state index contributed by atoms with van der Waals surface area (Å²) in [6.45, 7) is 1.85. The summed E-state index contributed by atoms with van der Waals surface area (Å²) in [7, 11) is 0. The third-order valence-corrected chi connectivity index (χ3v) is 5.25. The summed E-state index contributed by atoms with van der Waals surface area (Å²) in [5, 5.41) is 3.66. The lowest BCUT2D eigenvalue weighted by Gasteiger charge is -2.17. The maximum Gasteiger partial charge on any atom is 0.573 e.